The number of aryl methyl sites for hydroxylation is 1. The minimum Gasteiger partial charge on any atom is -0.333 e. The average molecular weight is 383 g/mol. The van der Waals surface area contributed by atoms with Crippen molar-refractivity contribution in [3.05, 3.63) is 23.5 Å². The number of rotatable bonds is 6. The van der Waals surface area contributed by atoms with Gasteiger partial charge in [0.25, 0.3) is 5.91 Å². The lowest BCUT2D eigenvalue weighted by molar-refractivity contribution is 0.0689. The Balaban J connectivity index is 1.81. The van der Waals surface area contributed by atoms with E-state index in [9.17, 15) is 13.2 Å². The standard InChI is InChI=1S/C16H22N4O3S2/c1-3-4-6-20(13-5-7-25(22,23)11-13)16(21)14-10-24-15(18-14)12-8-17-19(2)9-12/h8-10,13H,3-7,11H2,1-2H3. The highest BCUT2D eigenvalue weighted by atomic mass is 32.2. The molecule has 2 aromatic heterocycles. The predicted molar refractivity (Wildman–Crippen MR) is 97.3 cm³/mol. The monoisotopic (exact) mass is 382 g/mol. The van der Waals surface area contributed by atoms with Crippen molar-refractivity contribution in [2.75, 3.05) is 18.1 Å². The van der Waals surface area contributed by atoms with E-state index < -0.39 is 9.84 Å². The number of thiazole rings is 1. The lowest BCUT2D eigenvalue weighted by Gasteiger charge is -2.27. The number of amides is 1. The topological polar surface area (TPSA) is 85.2 Å². The van der Waals surface area contributed by atoms with E-state index in [0.717, 1.165) is 23.4 Å². The fraction of sp³-hybridized carbons (Fsp3) is 0.562. The van der Waals surface area contributed by atoms with Crippen molar-refractivity contribution in [3.8, 4) is 10.6 Å². The van der Waals surface area contributed by atoms with Crippen LogP contribution in [-0.4, -0.2) is 58.1 Å². The molecule has 3 rings (SSSR count). The van der Waals surface area contributed by atoms with Gasteiger partial charge in [-0.15, -0.1) is 11.3 Å². The van der Waals surface area contributed by atoms with Crippen molar-refractivity contribution < 1.29 is 13.2 Å². The molecule has 0 saturated carbocycles. The second kappa shape index (κ2) is 7.25. The van der Waals surface area contributed by atoms with Gasteiger partial charge >= 0.3 is 0 Å². The van der Waals surface area contributed by atoms with Gasteiger partial charge < -0.3 is 4.90 Å². The summed E-state index contributed by atoms with van der Waals surface area (Å²) in [5.41, 5.74) is 1.25. The Morgan fingerprint density at radius 1 is 1.48 bits per heavy atom. The largest absolute Gasteiger partial charge is 0.333 e. The first-order valence-electron chi connectivity index (χ1n) is 8.35. The van der Waals surface area contributed by atoms with Crippen LogP contribution in [0.4, 0.5) is 0 Å². The Morgan fingerprint density at radius 3 is 2.88 bits per heavy atom. The van der Waals surface area contributed by atoms with Gasteiger partial charge in [-0.1, -0.05) is 13.3 Å². The maximum Gasteiger partial charge on any atom is 0.273 e. The summed E-state index contributed by atoms with van der Waals surface area (Å²) < 4.78 is 25.3. The smallest absolute Gasteiger partial charge is 0.273 e. The molecule has 136 valence electrons. The Bertz CT molecular complexity index is 856. The summed E-state index contributed by atoms with van der Waals surface area (Å²) in [6.07, 6.45) is 5.87. The average Bonchev–Trinajstić information content (AvgIpc) is 3.27. The van der Waals surface area contributed by atoms with E-state index in [2.05, 4.69) is 17.0 Å². The van der Waals surface area contributed by atoms with Crippen LogP contribution in [0.15, 0.2) is 17.8 Å². The predicted octanol–water partition coefficient (Wildman–Crippen LogP) is 1.97. The molecule has 2 aromatic rings. The lowest BCUT2D eigenvalue weighted by Crippen LogP contribution is -2.42. The number of carbonyl (C=O) groups is 1. The van der Waals surface area contributed by atoms with Gasteiger partial charge in [-0.05, 0) is 12.8 Å². The van der Waals surface area contributed by atoms with Gasteiger partial charge in [0.15, 0.2) is 9.84 Å². The van der Waals surface area contributed by atoms with Crippen molar-refractivity contribution >= 4 is 27.1 Å². The zero-order valence-electron chi connectivity index (χ0n) is 14.4. The van der Waals surface area contributed by atoms with Crippen LogP contribution in [0.1, 0.15) is 36.7 Å². The number of unbranched alkanes of at least 4 members (excludes halogenated alkanes) is 1. The van der Waals surface area contributed by atoms with Crippen molar-refractivity contribution in [1.82, 2.24) is 19.7 Å². The molecule has 1 aliphatic heterocycles. The summed E-state index contributed by atoms with van der Waals surface area (Å²) >= 11 is 1.40. The molecule has 9 heteroatoms. The number of carbonyl (C=O) groups excluding carboxylic acids is 1. The van der Waals surface area contributed by atoms with Gasteiger partial charge in [-0.2, -0.15) is 5.10 Å². The molecule has 25 heavy (non-hydrogen) atoms. The molecule has 1 atom stereocenters. The van der Waals surface area contributed by atoms with Crippen LogP contribution in [0, 0.1) is 0 Å². The van der Waals surface area contributed by atoms with E-state index in [0.29, 0.717) is 18.7 Å². The van der Waals surface area contributed by atoms with Crippen LogP contribution in [0.2, 0.25) is 0 Å². The summed E-state index contributed by atoms with van der Waals surface area (Å²) in [6, 6.07) is -0.243. The first-order valence-corrected chi connectivity index (χ1v) is 11.1. The molecule has 3 heterocycles. The minimum atomic E-state index is -3.04. The molecule has 0 aliphatic carbocycles. The minimum absolute atomic E-state index is 0.0576. The van der Waals surface area contributed by atoms with Crippen LogP contribution in [0.3, 0.4) is 0 Å². The Labute approximate surface area is 151 Å². The van der Waals surface area contributed by atoms with E-state index in [4.69, 9.17) is 0 Å². The highest BCUT2D eigenvalue weighted by Gasteiger charge is 2.35. The Hall–Kier alpha value is -1.74. The normalized spacial score (nSPS) is 19.2. The molecule has 1 amide bonds. The number of sulfone groups is 1. The van der Waals surface area contributed by atoms with Crippen molar-refractivity contribution in [2.45, 2.75) is 32.2 Å². The third-order valence-electron chi connectivity index (χ3n) is 4.34. The fourth-order valence-electron chi connectivity index (χ4n) is 2.98. The van der Waals surface area contributed by atoms with Gasteiger partial charge in [0.2, 0.25) is 0 Å². The van der Waals surface area contributed by atoms with Crippen molar-refractivity contribution in [3.63, 3.8) is 0 Å². The van der Waals surface area contributed by atoms with E-state index in [1.807, 2.05) is 13.2 Å². The number of nitrogens with zero attached hydrogens (tertiary/aromatic N) is 4. The molecule has 1 unspecified atom stereocenters. The molecule has 0 bridgehead atoms. The summed E-state index contributed by atoms with van der Waals surface area (Å²) in [4.78, 5) is 19.1. The fourth-order valence-corrected chi connectivity index (χ4v) is 5.48. The second-order valence-electron chi connectivity index (χ2n) is 6.35. The molecule has 1 saturated heterocycles. The summed E-state index contributed by atoms with van der Waals surface area (Å²) in [5, 5.41) is 6.61. The van der Waals surface area contributed by atoms with Crippen LogP contribution in [-0.2, 0) is 16.9 Å². The van der Waals surface area contributed by atoms with Crippen molar-refractivity contribution in [1.29, 1.82) is 0 Å². The summed E-state index contributed by atoms with van der Waals surface area (Å²) in [7, 11) is -1.21. The second-order valence-corrected chi connectivity index (χ2v) is 9.44. The first-order chi connectivity index (χ1) is 11.9. The van der Waals surface area contributed by atoms with Crippen LogP contribution in [0.5, 0.6) is 0 Å². The quantitative estimate of drug-likeness (QED) is 0.762. The molecule has 0 spiro atoms. The highest BCUT2D eigenvalue weighted by Crippen LogP contribution is 2.25. The molecular weight excluding hydrogens is 360 g/mol. The van der Waals surface area contributed by atoms with E-state index >= 15 is 0 Å². The van der Waals surface area contributed by atoms with Gasteiger partial charge in [-0.3, -0.25) is 9.48 Å². The van der Waals surface area contributed by atoms with Gasteiger partial charge in [-0.25, -0.2) is 13.4 Å². The maximum atomic E-state index is 13.0. The molecule has 0 aromatic carbocycles. The molecule has 0 N–H and O–H groups in total. The molecule has 1 fully saturated rings. The highest BCUT2D eigenvalue weighted by molar-refractivity contribution is 7.91. The molecule has 7 nitrogen and oxygen atoms in total. The zero-order valence-corrected chi connectivity index (χ0v) is 16.0. The zero-order chi connectivity index (χ0) is 18.0. The molecule has 1 aliphatic rings. The number of aromatic nitrogens is 3. The van der Waals surface area contributed by atoms with E-state index in [1.165, 1.54) is 11.3 Å². The van der Waals surface area contributed by atoms with Crippen LogP contribution < -0.4 is 0 Å². The number of hydrogen-bond acceptors (Lipinski definition) is 6. The molecular formula is C16H22N4O3S2. The van der Waals surface area contributed by atoms with Crippen LogP contribution >= 0.6 is 11.3 Å². The third kappa shape index (κ3) is 4.09. The SMILES string of the molecule is CCCCN(C(=O)c1csc(-c2cnn(C)c2)n1)C1CCS(=O)(=O)C1. The van der Waals surface area contributed by atoms with E-state index in [-0.39, 0.29) is 23.5 Å². The van der Waals surface area contributed by atoms with Gasteiger partial charge in [0.1, 0.15) is 10.7 Å². The van der Waals surface area contributed by atoms with Gasteiger partial charge in [0, 0.05) is 36.8 Å². The first kappa shape index (κ1) is 18.1. The maximum absolute atomic E-state index is 13.0. The number of hydrogen-bond donors (Lipinski definition) is 0. The lowest BCUT2D eigenvalue weighted by atomic mass is 10.2. The van der Waals surface area contributed by atoms with E-state index in [1.54, 1.807) is 21.2 Å². The Morgan fingerprint density at radius 2 is 2.28 bits per heavy atom. The molecule has 0 radical (unpaired) electrons. The summed E-state index contributed by atoms with van der Waals surface area (Å²) in [6.45, 7) is 2.62. The third-order valence-corrected chi connectivity index (χ3v) is 6.98. The van der Waals surface area contributed by atoms with Crippen molar-refractivity contribution in [2.24, 2.45) is 7.05 Å². The van der Waals surface area contributed by atoms with Gasteiger partial charge in [0.05, 0.1) is 17.7 Å². The summed E-state index contributed by atoms with van der Waals surface area (Å²) in [5.74, 6) is 0.0371. The Kier molecular flexibility index (Phi) is 5.24. The van der Waals surface area contributed by atoms with Crippen LogP contribution in [0.25, 0.3) is 10.6 Å².